The Bertz CT molecular complexity index is 627. The van der Waals surface area contributed by atoms with Crippen LogP contribution in [-0.4, -0.2) is 44.7 Å². The molecule has 2 aromatic heterocycles. The van der Waals surface area contributed by atoms with Crippen molar-refractivity contribution in [2.75, 3.05) is 23.8 Å². The van der Waals surface area contributed by atoms with Gasteiger partial charge in [0.2, 0.25) is 5.95 Å². The lowest BCUT2D eigenvalue weighted by Gasteiger charge is -2.29. The predicted molar refractivity (Wildman–Crippen MR) is 82.5 cm³/mol. The quantitative estimate of drug-likeness (QED) is 0.782. The molecule has 21 heavy (non-hydrogen) atoms. The van der Waals surface area contributed by atoms with Crippen molar-refractivity contribution in [2.24, 2.45) is 0 Å². The number of aromatic nitrogens is 4. The first-order valence-electron chi connectivity index (χ1n) is 7.47. The highest BCUT2D eigenvalue weighted by atomic mass is 16.5. The van der Waals surface area contributed by atoms with Crippen LogP contribution in [0, 0.1) is 0 Å². The number of nitrogens with one attached hydrogen (secondary N) is 3. The van der Waals surface area contributed by atoms with Gasteiger partial charge in [0.05, 0.1) is 18.0 Å². The fourth-order valence-electron chi connectivity index (χ4n) is 2.51. The average Bonchev–Trinajstić information content (AvgIpc) is 3.04. The Morgan fingerprint density at radius 3 is 3.05 bits per heavy atom. The third-order valence-electron chi connectivity index (χ3n) is 4.11. The molecule has 2 unspecified atom stereocenters. The molecule has 0 saturated carbocycles. The van der Waals surface area contributed by atoms with E-state index in [1.165, 1.54) is 0 Å². The zero-order valence-electron chi connectivity index (χ0n) is 12.7. The van der Waals surface area contributed by atoms with E-state index in [-0.39, 0.29) is 11.6 Å². The van der Waals surface area contributed by atoms with E-state index in [0.717, 1.165) is 37.3 Å². The van der Waals surface area contributed by atoms with Crippen molar-refractivity contribution in [3.63, 3.8) is 0 Å². The topological polar surface area (TPSA) is 87.8 Å². The van der Waals surface area contributed by atoms with Gasteiger partial charge in [-0.1, -0.05) is 6.92 Å². The second-order valence-corrected chi connectivity index (χ2v) is 5.73. The van der Waals surface area contributed by atoms with Crippen molar-refractivity contribution < 1.29 is 4.74 Å². The van der Waals surface area contributed by atoms with Gasteiger partial charge in [-0.25, -0.2) is 4.98 Å². The molecule has 1 saturated heterocycles. The molecule has 3 heterocycles. The molecule has 7 heteroatoms. The van der Waals surface area contributed by atoms with Crippen LogP contribution in [0.25, 0.3) is 11.2 Å². The number of imidazole rings is 1. The minimum Gasteiger partial charge on any atom is -0.376 e. The lowest BCUT2D eigenvalue weighted by atomic mass is 9.95. The van der Waals surface area contributed by atoms with Crippen LogP contribution in [0.1, 0.15) is 33.6 Å². The molecule has 3 N–H and O–H groups in total. The van der Waals surface area contributed by atoms with Crippen molar-refractivity contribution in [3.05, 3.63) is 6.33 Å². The molecule has 1 aliphatic rings. The fourth-order valence-corrected chi connectivity index (χ4v) is 2.51. The summed E-state index contributed by atoms with van der Waals surface area (Å²) in [6, 6.07) is 0. The molecule has 0 amide bonds. The molecular formula is C14H22N6O. The molecule has 0 aromatic carbocycles. The largest absolute Gasteiger partial charge is 0.376 e. The van der Waals surface area contributed by atoms with Gasteiger partial charge in [-0.2, -0.15) is 9.97 Å². The minimum atomic E-state index is -0.131. The second-order valence-electron chi connectivity index (χ2n) is 5.73. The first kappa shape index (κ1) is 14.1. The van der Waals surface area contributed by atoms with Gasteiger partial charge in [0.15, 0.2) is 11.5 Å². The van der Waals surface area contributed by atoms with Crippen molar-refractivity contribution >= 4 is 22.9 Å². The van der Waals surface area contributed by atoms with E-state index in [9.17, 15) is 0 Å². The van der Waals surface area contributed by atoms with Crippen molar-refractivity contribution in [1.29, 1.82) is 0 Å². The van der Waals surface area contributed by atoms with Crippen LogP contribution in [0.4, 0.5) is 11.8 Å². The summed E-state index contributed by atoms with van der Waals surface area (Å²) in [5, 5.41) is 6.74. The molecule has 2 aromatic rings. The molecule has 0 spiro atoms. The number of anilines is 2. The van der Waals surface area contributed by atoms with Crippen LogP contribution in [0.2, 0.25) is 0 Å². The van der Waals surface area contributed by atoms with Gasteiger partial charge in [-0.05, 0) is 26.7 Å². The van der Waals surface area contributed by atoms with E-state index in [1.807, 2.05) is 0 Å². The molecule has 1 fully saturated rings. The smallest absolute Gasteiger partial charge is 0.226 e. The first-order valence-corrected chi connectivity index (χ1v) is 7.47. The van der Waals surface area contributed by atoms with Gasteiger partial charge < -0.3 is 20.4 Å². The lowest BCUT2D eigenvalue weighted by Crippen LogP contribution is -2.41. The Labute approximate surface area is 123 Å². The van der Waals surface area contributed by atoms with Gasteiger partial charge >= 0.3 is 0 Å². The van der Waals surface area contributed by atoms with Crippen LogP contribution in [0.3, 0.4) is 0 Å². The Morgan fingerprint density at radius 1 is 1.48 bits per heavy atom. The highest BCUT2D eigenvalue weighted by Gasteiger charge is 2.37. The van der Waals surface area contributed by atoms with Crippen molar-refractivity contribution in [1.82, 2.24) is 19.9 Å². The monoisotopic (exact) mass is 290 g/mol. The number of H-pyrrole nitrogens is 1. The fraction of sp³-hybridized carbons (Fsp3) is 0.643. The zero-order valence-corrected chi connectivity index (χ0v) is 12.7. The summed E-state index contributed by atoms with van der Waals surface area (Å²) < 4.78 is 5.68. The van der Waals surface area contributed by atoms with E-state index in [1.54, 1.807) is 6.33 Å². The van der Waals surface area contributed by atoms with E-state index in [0.29, 0.717) is 11.6 Å². The third kappa shape index (κ3) is 2.65. The van der Waals surface area contributed by atoms with Crippen molar-refractivity contribution in [2.45, 2.75) is 45.3 Å². The van der Waals surface area contributed by atoms with Gasteiger partial charge in [-0.15, -0.1) is 0 Å². The maximum Gasteiger partial charge on any atom is 0.226 e. The number of ether oxygens (including phenoxy) is 1. The lowest BCUT2D eigenvalue weighted by molar-refractivity contribution is 0.105. The van der Waals surface area contributed by atoms with Gasteiger partial charge in [-0.3, -0.25) is 0 Å². The third-order valence-corrected chi connectivity index (χ3v) is 4.11. The number of hydrogen-bond acceptors (Lipinski definition) is 6. The predicted octanol–water partition coefficient (Wildman–Crippen LogP) is 2.15. The molecular weight excluding hydrogens is 268 g/mol. The first-order chi connectivity index (χ1) is 10.1. The summed E-state index contributed by atoms with van der Waals surface area (Å²) >= 11 is 0. The Morgan fingerprint density at radius 2 is 2.33 bits per heavy atom. The summed E-state index contributed by atoms with van der Waals surface area (Å²) in [4.78, 5) is 16.4. The second kappa shape index (κ2) is 5.48. The SMILES string of the molecule is CCCNc1nc(NC2(C)CCOC2C)c2[nH]cnc2n1. The van der Waals surface area contributed by atoms with E-state index < -0.39 is 0 Å². The summed E-state index contributed by atoms with van der Waals surface area (Å²) in [5.41, 5.74) is 1.37. The highest BCUT2D eigenvalue weighted by Crippen LogP contribution is 2.31. The molecule has 1 aliphatic heterocycles. The Hall–Kier alpha value is -1.89. The van der Waals surface area contributed by atoms with Crippen LogP contribution >= 0.6 is 0 Å². The minimum absolute atomic E-state index is 0.131. The van der Waals surface area contributed by atoms with E-state index in [4.69, 9.17) is 4.74 Å². The Balaban J connectivity index is 1.94. The number of fused-ring (bicyclic) bond motifs is 1. The molecule has 0 bridgehead atoms. The van der Waals surface area contributed by atoms with Crippen LogP contribution in [0.15, 0.2) is 6.33 Å². The standard InChI is InChI=1S/C14H22N6O/c1-4-6-15-13-18-11-10(16-8-17-11)12(19-13)20-14(3)5-7-21-9(14)2/h8-9H,4-7H2,1-3H3,(H3,15,16,17,18,19,20). The average molecular weight is 290 g/mol. The van der Waals surface area contributed by atoms with E-state index >= 15 is 0 Å². The molecule has 0 aliphatic carbocycles. The molecule has 7 nitrogen and oxygen atoms in total. The maximum absolute atomic E-state index is 5.68. The normalized spacial score (nSPS) is 25.4. The van der Waals surface area contributed by atoms with Crippen molar-refractivity contribution in [3.8, 4) is 0 Å². The number of rotatable bonds is 5. The number of hydrogen-bond donors (Lipinski definition) is 3. The van der Waals surface area contributed by atoms with Crippen LogP contribution in [-0.2, 0) is 4.74 Å². The molecule has 114 valence electrons. The van der Waals surface area contributed by atoms with E-state index in [2.05, 4.69) is 51.3 Å². The number of nitrogens with zero attached hydrogens (tertiary/aromatic N) is 3. The maximum atomic E-state index is 5.68. The van der Waals surface area contributed by atoms with Gasteiger partial charge in [0, 0.05) is 13.2 Å². The summed E-state index contributed by atoms with van der Waals surface area (Å²) in [7, 11) is 0. The van der Waals surface area contributed by atoms with Crippen LogP contribution in [0.5, 0.6) is 0 Å². The molecule has 2 atom stereocenters. The highest BCUT2D eigenvalue weighted by molar-refractivity contribution is 5.84. The Kier molecular flexibility index (Phi) is 3.67. The molecule has 3 rings (SSSR count). The number of aromatic amines is 1. The zero-order chi connectivity index (χ0) is 14.9. The van der Waals surface area contributed by atoms with Gasteiger partial charge in [0.1, 0.15) is 5.52 Å². The summed E-state index contributed by atoms with van der Waals surface area (Å²) in [6.07, 6.45) is 3.75. The summed E-state index contributed by atoms with van der Waals surface area (Å²) in [6.45, 7) is 7.96. The van der Waals surface area contributed by atoms with Gasteiger partial charge in [0.25, 0.3) is 0 Å². The molecule has 0 radical (unpaired) electrons. The van der Waals surface area contributed by atoms with Crippen LogP contribution < -0.4 is 10.6 Å². The summed E-state index contributed by atoms with van der Waals surface area (Å²) in [5.74, 6) is 1.38.